The van der Waals surface area contributed by atoms with Crippen LogP contribution in [0.4, 0.5) is 8.78 Å². The Kier molecular flexibility index (Phi) is 6.09. The molecule has 0 bridgehead atoms. The van der Waals surface area contributed by atoms with Crippen LogP contribution in [-0.2, 0) is 20.4 Å². The van der Waals surface area contributed by atoms with E-state index in [1.54, 1.807) is 48.8 Å². The fourth-order valence-electron chi connectivity index (χ4n) is 4.86. The van der Waals surface area contributed by atoms with Crippen LogP contribution >= 0.6 is 11.3 Å². The summed E-state index contributed by atoms with van der Waals surface area (Å²) in [5.74, 6) is -2.85. The van der Waals surface area contributed by atoms with Gasteiger partial charge in [0.2, 0.25) is 0 Å². The number of likely N-dealkylation sites (tertiary alicyclic amines) is 1. The van der Waals surface area contributed by atoms with Crippen molar-refractivity contribution in [1.82, 2.24) is 18.8 Å². The Morgan fingerprint density at radius 2 is 1.88 bits per heavy atom. The zero-order chi connectivity index (χ0) is 28.4. The van der Waals surface area contributed by atoms with Crippen LogP contribution in [-0.4, -0.2) is 51.9 Å². The first-order valence-electron chi connectivity index (χ1n) is 12.2. The number of aliphatic hydroxyl groups is 1. The lowest BCUT2D eigenvalue weighted by molar-refractivity contribution is -0.143. The summed E-state index contributed by atoms with van der Waals surface area (Å²) < 4.78 is 57.3. The maximum Gasteiger partial charge on any atom is 0.269 e. The zero-order valence-electron chi connectivity index (χ0n) is 21.3. The summed E-state index contributed by atoms with van der Waals surface area (Å²) in [6.07, 6.45) is 2.10. The monoisotopic (exact) mass is 580 g/mol. The van der Waals surface area contributed by atoms with Gasteiger partial charge >= 0.3 is 0 Å². The second kappa shape index (κ2) is 9.29. The molecular formula is C28H22F2N4O4S2. The van der Waals surface area contributed by atoms with Gasteiger partial charge in [0.05, 0.1) is 22.2 Å². The van der Waals surface area contributed by atoms with Gasteiger partial charge in [0.25, 0.3) is 15.9 Å². The van der Waals surface area contributed by atoms with Crippen molar-refractivity contribution in [2.24, 2.45) is 0 Å². The van der Waals surface area contributed by atoms with E-state index in [-0.39, 0.29) is 32.9 Å². The van der Waals surface area contributed by atoms with Crippen molar-refractivity contribution in [2.45, 2.75) is 23.8 Å². The Bertz CT molecular complexity index is 1920. The van der Waals surface area contributed by atoms with Gasteiger partial charge in [0.15, 0.2) is 22.9 Å². The highest BCUT2D eigenvalue weighted by atomic mass is 32.2. The second-order valence-electron chi connectivity index (χ2n) is 9.73. The number of fused-ring (bicyclic) bond motifs is 1. The second-order valence-corrected chi connectivity index (χ2v) is 12.4. The summed E-state index contributed by atoms with van der Waals surface area (Å²) in [6.45, 7) is 2.24. The molecule has 1 atom stereocenters. The molecule has 1 N–H and O–H groups in total. The van der Waals surface area contributed by atoms with Crippen molar-refractivity contribution in [3.8, 4) is 21.8 Å². The van der Waals surface area contributed by atoms with Crippen molar-refractivity contribution in [2.75, 3.05) is 13.6 Å². The number of halogens is 2. The van der Waals surface area contributed by atoms with Crippen LogP contribution in [0.1, 0.15) is 17.5 Å². The average molecular weight is 581 g/mol. The normalized spacial score (nSPS) is 17.7. The van der Waals surface area contributed by atoms with E-state index >= 15 is 4.39 Å². The van der Waals surface area contributed by atoms with Crippen LogP contribution in [0.2, 0.25) is 0 Å². The number of aromatic nitrogens is 3. The highest BCUT2D eigenvalue weighted by molar-refractivity contribution is 7.90. The highest BCUT2D eigenvalue weighted by Gasteiger charge is 2.45. The fraction of sp³-hybridized carbons (Fsp3) is 0.179. The minimum Gasteiger partial charge on any atom is -0.375 e. The maximum absolute atomic E-state index is 15.2. The molecule has 5 aromatic rings. The van der Waals surface area contributed by atoms with Crippen molar-refractivity contribution in [1.29, 1.82) is 0 Å². The Balaban J connectivity index is 1.47. The lowest BCUT2D eigenvalue weighted by Gasteiger charge is -2.21. The number of benzene rings is 2. The summed E-state index contributed by atoms with van der Waals surface area (Å²) in [5, 5.41) is 12.7. The number of likely N-dealkylation sites (N-methyl/N-ethyl adjacent to an activating group) is 1. The molecule has 12 heteroatoms. The number of nitrogens with zero attached hydrogens (tertiary/aromatic N) is 4. The van der Waals surface area contributed by atoms with Gasteiger partial charge in [-0.25, -0.2) is 31.1 Å². The van der Waals surface area contributed by atoms with Crippen molar-refractivity contribution >= 4 is 38.3 Å². The number of carbonyl (C=O) groups is 1. The molecule has 1 aliphatic heterocycles. The van der Waals surface area contributed by atoms with Gasteiger partial charge in [0, 0.05) is 42.7 Å². The molecule has 3 aromatic heterocycles. The first-order valence-corrected chi connectivity index (χ1v) is 14.5. The van der Waals surface area contributed by atoms with E-state index in [9.17, 15) is 22.7 Å². The Hall–Kier alpha value is -4.00. The third-order valence-corrected chi connectivity index (χ3v) is 9.67. The van der Waals surface area contributed by atoms with E-state index in [2.05, 4.69) is 9.97 Å². The Labute approximate surface area is 232 Å². The SMILES string of the molecule is Cc1ccc(S(=O)(=O)n2cc(-c3nc(-c4cccc([C@]5(O)CCN(C)C5=O)c4)cs3)c3c(F)c(F)cnc32)cc1. The molecule has 1 amide bonds. The molecule has 0 unspecified atom stereocenters. The van der Waals surface area contributed by atoms with Crippen molar-refractivity contribution < 1.29 is 27.1 Å². The fourth-order valence-corrected chi connectivity index (χ4v) is 7.02. The number of aryl methyl sites for hydroxylation is 1. The maximum atomic E-state index is 15.2. The molecule has 0 saturated carbocycles. The number of pyridine rings is 1. The van der Waals surface area contributed by atoms with Gasteiger partial charge in [-0.05, 0) is 30.7 Å². The van der Waals surface area contributed by atoms with E-state index in [0.717, 1.165) is 20.9 Å². The van der Waals surface area contributed by atoms with Crippen LogP contribution < -0.4 is 0 Å². The number of carbonyl (C=O) groups excluding carboxylic acids is 1. The summed E-state index contributed by atoms with van der Waals surface area (Å²) in [4.78, 5) is 22.5. The Morgan fingerprint density at radius 3 is 2.58 bits per heavy atom. The molecule has 0 aliphatic carbocycles. The molecule has 2 aromatic carbocycles. The predicted octanol–water partition coefficient (Wildman–Crippen LogP) is 4.70. The summed E-state index contributed by atoms with van der Waals surface area (Å²) in [5.41, 5.74) is 0.486. The molecule has 1 aliphatic rings. The molecule has 1 fully saturated rings. The van der Waals surface area contributed by atoms with E-state index in [1.165, 1.54) is 23.2 Å². The van der Waals surface area contributed by atoms with Gasteiger partial charge in [-0.1, -0.05) is 35.9 Å². The topological polar surface area (TPSA) is 105 Å². The number of hydrogen-bond donors (Lipinski definition) is 1. The molecule has 6 rings (SSSR count). The summed E-state index contributed by atoms with van der Waals surface area (Å²) in [6, 6.07) is 12.9. The van der Waals surface area contributed by atoms with Gasteiger partial charge in [0.1, 0.15) is 5.01 Å². The third-order valence-electron chi connectivity index (χ3n) is 7.14. The van der Waals surface area contributed by atoms with Gasteiger partial charge in [-0.3, -0.25) is 4.79 Å². The molecule has 0 radical (unpaired) electrons. The first-order chi connectivity index (χ1) is 19.0. The van der Waals surface area contributed by atoms with E-state index in [0.29, 0.717) is 29.6 Å². The average Bonchev–Trinajstić information content (AvgIpc) is 3.65. The number of amides is 1. The van der Waals surface area contributed by atoms with Gasteiger partial charge in [-0.15, -0.1) is 11.3 Å². The summed E-state index contributed by atoms with van der Waals surface area (Å²) >= 11 is 1.11. The van der Waals surface area contributed by atoms with Crippen LogP contribution in [0.15, 0.2) is 71.2 Å². The predicted molar refractivity (Wildman–Crippen MR) is 146 cm³/mol. The molecule has 8 nitrogen and oxygen atoms in total. The molecule has 40 heavy (non-hydrogen) atoms. The molecular weight excluding hydrogens is 558 g/mol. The van der Waals surface area contributed by atoms with Crippen LogP contribution in [0.3, 0.4) is 0 Å². The lowest BCUT2D eigenvalue weighted by Crippen LogP contribution is -2.36. The largest absolute Gasteiger partial charge is 0.375 e. The van der Waals surface area contributed by atoms with Crippen molar-refractivity contribution in [3.05, 3.63) is 89.1 Å². The quantitative estimate of drug-likeness (QED) is 0.323. The minimum absolute atomic E-state index is 0.0326. The van der Waals surface area contributed by atoms with E-state index in [1.807, 2.05) is 6.92 Å². The van der Waals surface area contributed by atoms with E-state index < -0.39 is 33.2 Å². The lowest BCUT2D eigenvalue weighted by atomic mass is 9.90. The Morgan fingerprint density at radius 1 is 1.12 bits per heavy atom. The number of hydrogen-bond acceptors (Lipinski definition) is 7. The minimum atomic E-state index is -4.20. The molecule has 1 saturated heterocycles. The molecule has 0 spiro atoms. The molecule has 4 heterocycles. The van der Waals surface area contributed by atoms with Gasteiger partial charge < -0.3 is 10.0 Å². The zero-order valence-corrected chi connectivity index (χ0v) is 22.9. The molecule has 204 valence electrons. The number of thiazole rings is 1. The van der Waals surface area contributed by atoms with E-state index in [4.69, 9.17) is 0 Å². The highest BCUT2D eigenvalue weighted by Crippen LogP contribution is 2.39. The standard InChI is InChI=1S/C28H22F2N4O4S2/c1-16-6-8-19(9-7-16)40(37,38)34-14-20(23-24(30)21(29)13-31-25(23)34)26-32-22(15-39-26)17-4-3-5-18(12-17)28(36)10-11-33(2)27(28)35/h3-9,12-15,36H,10-11H2,1-2H3/t28-/m1/s1. The smallest absolute Gasteiger partial charge is 0.269 e. The van der Waals surface area contributed by atoms with Crippen LogP contribution in [0.25, 0.3) is 32.9 Å². The van der Waals surface area contributed by atoms with Gasteiger partial charge in [-0.2, -0.15) is 0 Å². The first kappa shape index (κ1) is 26.2. The summed E-state index contributed by atoms with van der Waals surface area (Å²) in [7, 11) is -2.57. The van der Waals surface area contributed by atoms with Crippen molar-refractivity contribution in [3.63, 3.8) is 0 Å². The third kappa shape index (κ3) is 4.02. The van der Waals surface area contributed by atoms with Crippen LogP contribution in [0.5, 0.6) is 0 Å². The number of rotatable bonds is 5. The van der Waals surface area contributed by atoms with Crippen LogP contribution in [0, 0.1) is 18.6 Å².